The maximum atomic E-state index is 12.7. The Kier molecular flexibility index (Phi) is 5.51. The average Bonchev–Trinajstić information content (AvgIpc) is 2.91. The standard InChI is InChI=1S/C21H18ClNO5/c1-12-2-4-14(5-3-12)19(26)17-18(13-6-8-15(22)9-7-13)23(11-10-16(24)25)21(28)20(17)27/h2-9,18,26H,10-11H2,1H3,(H,24,25)/b19-17-. The summed E-state index contributed by atoms with van der Waals surface area (Å²) in [5.41, 5.74) is 1.87. The summed E-state index contributed by atoms with van der Waals surface area (Å²) >= 11 is 5.94. The zero-order chi connectivity index (χ0) is 20.4. The zero-order valence-electron chi connectivity index (χ0n) is 15.1. The molecule has 0 spiro atoms. The van der Waals surface area contributed by atoms with Crippen molar-refractivity contribution in [3.8, 4) is 0 Å². The summed E-state index contributed by atoms with van der Waals surface area (Å²) in [6, 6.07) is 12.5. The summed E-state index contributed by atoms with van der Waals surface area (Å²) in [6.07, 6.45) is -0.318. The first-order valence-electron chi connectivity index (χ1n) is 8.62. The molecular weight excluding hydrogens is 382 g/mol. The molecular formula is C21H18ClNO5. The summed E-state index contributed by atoms with van der Waals surface area (Å²) in [6.45, 7) is 1.74. The van der Waals surface area contributed by atoms with Gasteiger partial charge in [-0.2, -0.15) is 0 Å². The van der Waals surface area contributed by atoms with E-state index >= 15 is 0 Å². The van der Waals surface area contributed by atoms with Crippen molar-refractivity contribution < 1.29 is 24.6 Å². The van der Waals surface area contributed by atoms with Crippen LogP contribution in [-0.4, -0.2) is 39.3 Å². The molecule has 2 aromatic rings. The molecule has 1 saturated heterocycles. The molecule has 2 aromatic carbocycles. The molecule has 1 heterocycles. The highest BCUT2D eigenvalue weighted by molar-refractivity contribution is 6.46. The second kappa shape index (κ2) is 7.86. The van der Waals surface area contributed by atoms with E-state index in [-0.39, 0.29) is 24.3 Å². The summed E-state index contributed by atoms with van der Waals surface area (Å²) in [5, 5.41) is 20.3. The molecule has 2 N–H and O–H groups in total. The molecule has 1 unspecified atom stereocenters. The van der Waals surface area contributed by atoms with Gasteiger partial charge in [0.05, 0.1) is 18.0 Å². The van der Waals surface area contributed by atoms with Gasteiger partial charge in [0.25, 0.3) is 11.7 Å². The summed E-state index contributed by atoms with van der Waals surface area (Å²) in [7, 11) is 0. The fourth-order valence-electron chi connectivity index (χ4n) is 3.19. The van der Waals surface area contributed by atoms with Gasteiger partial charge in [0.15, 0.2) is 0 Å². The number of carboxylic acid groups (broad SMARTS) is 1. The summed E-state index contributed by atoms with van der Waals surface area (Å²) < 4.78 is 0. The van der Waals surface area contributed by atoms with Crippen LogP contribution in [0, 0.1) is 6.92 Å². The maximum absolute atomic E-state index is 12.7. The van der Waals surface area contributed by atoms with Crippen molar-refractivity contribution in [3.63, 3.8) is 0 Å². The normalized spacial score (nSPS) is 18.5. The lowest BCUT2D eigenvalue weighted by molar-refractivity contribution is -0.142. The van der Waals surface area contributed by atoms with Crippen molar-refractivity contribution in [1.29, 1.82) is 0 Å². The van der Waals surface area contributed by atoms with Crippen molar-refractivity contribution >= 4 is 35.0 Å². The Labute approximate surface area is 166 Å². The Morgan fingerprint density at radius 3 is 2.21 bits per heavy atom. The van der Waals surface area contributed by atoms with Gasteiger partial charge in [0.1, 0.15) is 5.76 Å². The first-order chi connectivity index (χ1) is 13.3. The van der Waals surface area contributed by atoms with Crippen LogP contribution in [0.15, 0.2) is 54.1 Å². The highest BCUT2D eigenvalue weighted by Gasteiger charge is 2.46. The van der Waals surface area contributed by atoms with Crippen molar-refractivity contribution in [3.05, 3.63) is 75.8 Å². The highest BCUT2D eigenvalue weighted by Crippen LogP contribution is 2.39. The maximum Gasteiger partial charge on any atom is 0.305 e. The van der Waals surface area contributed by atoms with Crippen LogP contribution >= 0.6 is 11.6 Å². The van der Waals surface area contributed by atoms with E-state index < -0.39 is 23.7 Å². The number of nitrogens with zero attached hydrogens (tertiary/aromatic N) is 1. The second-order valence-corrected chi connectivity index (χ2v) is 6.99. The molecule has 1 fully saturated rings. The number of benzene rings is 2. The van der Waals surface area contributed by atoms with Gasteiger partial charge in [-0.15, -0.1) is 0 Å². The van der Waals surface area contributed by atoms with Crippen LogP contribution in [0.1, 0.15) is 29.2 Å². The van der Waals surface area contributed by atoms with Crippen molar-refractivity contribution in [1.82, 2.24) is 4.90 Å². The molecule has 144 valence electrons. The fourth-order valence-corrected chi connectivity index (χ4v) is 3.31. The van der Waals surface area contributed by atoms with Crippen LogP contribution in [0.5, 0.6) is 0 Å². The Bertz CT molecular complexity index is 963. The van der Waals surface area contributed by atoms with Gasteiger partial charge in [-0.25, -0.2) is 0 Å². The average molecular weight is 400 g/mol. The molecule has 6 nitrogen and oxygen atoms in total. The number of likely N-dealkylation sites (tertiary alicyclic amines) is 1. The molecule has 1 amide bonds. The number of halogens is 1. The molecule has 3 rings (SSSR count). The number of hydrogen-bond donors (Lipinski definition) is 2. The van der Waals surface area contributed by atoms with Gasteiger partial charge >= 0.3 is 5.97 Å². The van der Waals surface area contributed by atoms with E-state index in [0.717, 1.165) is 5.56 Å². The number of carbonyl (C=O) groups is 3. The number of carboxylic acids is 1. The minimum Gasteiger partial charge on any atom is -0.507 e. The number of rotatable bonds is 5. The Morgan fingerprint density at radius 2 is 1.64 bits per heavy atom. The number of carbonyl (C=O) groups excluding carboxylic acids is 2. The molecule has 0 saturated carbocycles. The number of aliphatic carboxylic acids is 1. The van der Waals surface area contributed by atoms with E-state index in [1.165, 1.54) is 4.90 Å². The van der Waals surface area contributed by atoms with Gasteiger partial charge < -0.3 is 15.1 Å². The number of aryl methyl sites for hydroxylation is 1. The first kappa shape index (κ1) is 19.6. The summed E-state index contributed by atoms with van der Waals surface area (Å²) in [5.74, 6) is -3.07. The number of aliphatic hydroxyl groups is 1. The van der Waals surface area contributed by atoms with Gasteiger partial charge in [-0.3, -0.25) is 14.4 Å². The molecule has 0 radical (unpaired) electrons. The lowest BCUT2D eigenvalue weighted by Gasteiger charge is -2.24. The van der Waals surface area contributed by atoms with E-state index in [1.807, 2.05) is 6.92 Å². The van der Waals surface area contributed by atoms with Gasteiger partial charge in [-0.05, 0) is 24.6 Å². The van der Waals surface area contributed by atoms with Crippen LogP contribution in [0.3, 0.4) is 0 Å². The Balaban J connectivity index is 2.14. The van der Waals surface area contributed by atoms with Gasteiger partial charge in [0.2, 0.25) is 0 Å². The highest BCUT2D eigenvalue weighted by atomic mass is 35.5. The molecule has 7 heteroatoms. The molecule has 1 atom stereocenters. The summed E-state index contributed by atoms with van der Waals surface area (Å²) in [4.78, 5) is 37.5. The van der Waals surface area contributed by atoms with Crippen LogP contribution in [0.4, 0.5) is 0 Å². The number of hydrogen-bond acceptors (Lipinski definition) is 4. The fraction of sp³-hybridized carbons (Fsp3) is 0.190. The van der Waals surface area contributed by atoms with Crippen molar-refractivity contribution in [2.45, 2.75) is 19.4 Å². The molecule has 1 aliphatic rings. The quantitative estimate of drug-likeness (QED) is 0.455. The lowest BCUT2D eigenvalue weighted by Crippen LogP contribution is -2.31. The van der Waals surface area contributed by atoms with Crippen LogP contribution in [-0.2, 0) is 14.4 Å². The minimum atomic E-state index is -1.09. The third-order valence-electron chi connectivity index (χ3n) is 4.62. The third-order valence-corrected chi connectivity index (χ3v) is 4.87. The van der Waals surface area contributed by atoms with E-state index in [1.54, 1.807) is 48.5 Å². The predicted molar refractivity (Wildman–Crippen MR) is 104 cm³/mol. The van der Waals surface area contributed by atoms with E-state index in [9.17, 15) is 19.5 Å². The molecule has 0 aromatic heterocycles. The topological polar surface area (TPSA) is 94.9 Å². The van der Waals surface area contributed by atoms with Gasteiger partial charge in [0, 0.05) is 17.1 Å². The van der Waals surface area contributed by atoms with Gasteiger partial charge in [-0.1, -0.05) is 53.6 Å². The molecule has 0 bridgehead atoms. The monoisotopic (exact) mass is 399 g/mol. The largest absolute Gasteiger partial charge is 0.507 e. The number of Topliss-reactive ketones (excluding diaryl/α,β-unsaturated/α-hetero) is 1. The minimum absolute atomic E-state index is 0.0680. The van der Waals surface area contributed by atoms with Crippen LogP contribution < -0.4 is 0 Å². The zero-order valence-corrected chi connectivity index (χ0v) is 15.8. The van der Waals surface area contributed by atoms with Crippen molar-refractivity contribution in [2.75, 3.05) is 6.54 Å². The molecule has 28 heavy (non-hydrogen) atoms. The van der Waals surface area contributed by atoms with Crippen molar-refractivity contribution in [2.24, 2.45) is 0 Å². The Morgan fingerprint density at radius 1 is 1.04 bits per heavy atom. The second-order valence-electron chi connectivity index (χ2n) is 6.55. The SMILES string of the molecule is Cc1ccc(/C(O)=C2/C(=O)C(=O)N(CCC(=O)O)C2c2ccc(Cl)cc2)cc1. The molecule has 1 aliphatic heterocycles. The van der Waals surface area contributed by atoms with Crippen LogP contribution in [0.25, 0.3) is 5.76 Å². The smallest absolute Gasteiger partial charge is 0.305 e. The number of aliphatic hydroxyl groups excluding tert-OH is 1. The van der Waals surface area contributed by atoms with E-state index in [0.29, 0.717) is 16.1 Å². The van der Waals surface area contributed by atoms with E-state index in [2.05, 4.69) is 0 Å². The molecule has 0 aliphatic carbocycles. The number of ketones is 1. The predicted octanol–water partition coefficient (Wildman–Crippen LogP) is 3.54. The number of amides is 1. The third kappa shape index (κ3) is 3.77. The first-order valence-corrected chi connectivity index (χ1v) is 9.00. The van der Waals surface area contributed by atoms with Crippen LogP contribution in [0.2, 0.25) is 5.02 Å². The van der Waals surface area contributed by atoms with E-state index in [4.69, 9.17) is 16.7 Å². The Hall–Kier alpha value is -3.12. The lowest BCUT2D eigenvalue weighted by atomic mass is 9.95.